The normalized spacial score (nSPS) is 12.0. The van der Waals surface area contributed by atoms with Crippen LogP contribution in [0.4, 0.5) is 4.79 Å². The number of carbonyl (C=O) groups excluding carboxylic acids is 2. The number of hydrogen-bond acceptors (Lipinski definition) is 11. The largest absolute Gasteiger partial charge is 0.460 e. The molecule has 1 amide bonds. The van der Waals surface area contributed by atoms with Crippen molar-refractivity contribution in [3.8, 4) is 0 Å². The van der Waals surface area contributed by atoms with Crippen LogP contribution in [0.1, 0.15) is 48.0 Å². The Bertz CT molecular complexity index is 606. The van der Waals surface area contributed by atoms with Crippen molar-refractivity contribution in [2.75, 3.05) is 106 Å². The first-order valence-electron chi connectivity index (χ1n) is 13.6. The first-order valence-corrected chi connectivity index (χ1v) is 13.6. The summed E-state index contributed by atoms with van der Waals surface area (Å²) in [4.78, 5) is 24.8. The van der Waals surface area contributed by atoms with Gasteiger partial charge in [0.15, 0.2) is 0 Å². The first kappa shape index (κ1) is 37.5. The second kappa shape index (κ2) is 23.2. The molecule has 0 atom stereocenters. The number of nitrogens with zero attached hydrogens (tertiary/aromatic N) is 1. The molecule has 12 heteroatoms. The van der Waals surface area contributed by atoms with E-state index in [0.29, 0.717) is 99.0 Å². The van der Waals surface area contributed by atoms with E-state index in [2.05, 4.69) is 0 Å². The zero-order valence-corrected chi connectivity index (χ0v) is 25.3. The predicted octanol–water partition coefficient (Wildman–Crippen LogP) is 2.70. The van der Waals surface area contributed by atoms with Gasteiger partial charge in [-0.3, -0.25) is 4.79 Å². The van der Waals surface area contributed by atoms with E-state index in [1.807, 2.05) is 41.5 Å². The van der Waals surface area contributed by atoms with E-state index in [-0.39, 0.29) is 18.5 Å². The number of ether oxygens (including phenoxy) is 9. The van der Waals surface area contributed by atoms with Crippen LogP contribution in [-0.4, -0.2) is 134 Å². The quantitative estimate of drug-likeness (QED) is 0.126. The van der Waals surface area contributed by atoms with E-state index in [0.717, 1.165) is 0 Å². The molecule has 0 saturated carbocycles. The van der Waals surface area contributed by atoms with Crippen LogP contribution in [0.25, 0.3) is 0 Å². The maximum atomic E-state index is 11.8. The summed E-state index contributed by atoms with van der Waals surface area (Å²) in [5.41, 5.74) is -0.983. The van der Waals surface area contributed by atoms with Gasteiger partial charge >= 0.3 is 12.1 Å². The minimum Gasteiger partial charge on any atom is -0.460 e. The van der Waals surface area contributed by atoms with Crippen LogP contribution < -0.4 is 0 Å². The monoisotopic (exact) mass is 567 g/mol. The molecule has 0 spiro atoms. The van der Waals surface area contributed by atoms with E-state index in [1.54, 1.807) is 7.05 Å². The first-order chi connectivity index (χ1) is 18.4. The lowest BCUT2D eigenvalue weighted by atomic mass is 10.2. The summed E-state index contributed by atoms with van der Waals surface area (Å²) in [5, 5.41) is 0. The molecule has 0 rings (SSSR count). The van der Waals surface area contributed by atoms with Crippen molar-refractivity contribution >= 4 is 12.1 Å². The van der Waals surface area contributed by atoms with Crippen molar-refractivity contribution in [1.82, 2.24) is 4.90 Å². The van der Waals surface area contributed by atoms with Gasteiger partial charge in [-0.2, -0.15) is 0 Å². The Morgan fingerprint density at radius 3 is 1.13 bits per heavy atom. The van der Waals surface area contributed by atoms with E-state index >= 15 is 0 Å². The molecule has 39 heavy (non-hydrogen) atoms. The van der Waals surface area contributed by atoms with Gasteiger partial charge in [-0.1, -0.05) is 0 Å². The summed E-state index contributed by atoms with van der Waals surface area (Å²) in [6.07, 6.45) is -0.136. The van der Waals surface area contributed by atoms with Crippen molar-refractivity contribution in [1.29, 1.82) is 0 Å². The van der Waals surface area contributed by atoms with Gasteiger partial charge in [-0.15, -0.1) is 0 Å². The van der Waals surface area contributed by atoms with E-state index in [1.165, 1.54) is 4.90 Å². The van der Waals surface area contributed by atoms with Crippen LogP contribution in [-0.2, 0) is 47.4 Å². The van der Waals surface area contributed by atoms with Gasteiger partial charge in [-0.25, -0.2) is 4.79 Å². The van der Waals surface area contributed by atoms with Gasteiger partial charge in [0.2, 0.25) is 0 Å². The zero-order chi connectivity index (χ0) is 29.4. The van der Waals surface area contributed by atoms with Crippen LogP contribution in [0, 0.1) is 0 Å². The highest BCUT2D eigenvalue weighted by Gasteiger charge is 2.19. The highest BCUT2D eigenvalue weighted by molar-refractivity contribution is 5.69. The Morgan fingerprint density at radius 1 is 0.487 bits per heavy atom. The second-order valence-electron chi connectivity index (χ2n) is 10.5. The molecule has 0 aromatic heterocycles. The third-order valence-corrected chi connectivity index (χ3v) is 4.38. The Hall–Kier alpha value is -1.54. The SMILES string of the molecule is CN(CCOCCOCCOCCOCCOCCOCCOCCC(=O)OC(C)(C)C)C(=O)OC(C)(C)C. The van der Waals surface area contributed by atoms with Crippen LogP contribution in [0.3, 0.4) is 0 Å². The molecule has 0 heterocycles. The molecule has 0 N–H and O–H groups in total. The van der Waals surface area contributed by atoms with E-state index < -0.39 is 11.2 Å². The van der Waals surface area contributed by atoms with Crippen LogP contribution in [0.2, 0.25) is 0 Å². The smallest absolute Gasteiger partial charge is 0.410 e. The molecular formula is C27H53NO11. The summed E-state index contributed by atoms with van der Waals surface area (Å²) in [5.74, 6) is -0.267. The van der Waals surface area contributed by atoms with Gasteiger partial charge in [0, 0.05) is 13.6 Å². The fourth-order valence-electron chi connectivity index (χ4n) is 2.60. The Balaban J connectivity index is 3.24. The summed E-state index contributed by atoms with van der Waals surface area (Å²) in [7, 11) is 1.68. The van der Waals surface area contributed by atoms with Crippen LogP contribution >= 0.6 is 0 Å². The van der Waals surface area contributed by atoms with E-state index in [4.69, 9.17) is 42.6 Å². The third-order valence-electron chi connectivity index (χ3n) is 4.38. The number of carbonyl (C=O) groups is 2. The van der Waals surface area contributed by atoms with Gasteiger partial charge in [0.25, 0.3) is 0 Å². The number of amides is 1. The summed E-state index contributed by atoms with van der Waals surface area (Å²) >= 11 is 0. The molecule has 0 fully saturated rings. The lowest BCUT2D eigenvalue weighted by Crippen LogP contribution is -2.36. The van der Waals surface area contributed by atoms with Gasteiger partial charge < -0.3 is 47.5 Å². The molecule has 0 aliphatic carbocycles. The van der Waals surface area contributed by atoms with Crippen LogP contribution in [0.5, 0.6) is 0 Å². The van der Waals surface area contributed by atoms with Gasteiger partial charge in [0.1, 0.15) is 11.2 Å². The minimum absolute atomic E-state index is 0.230. The Kier molecular flexibility index (Phi) is 22.3. The van der Waals surface area contributed by atoms with Gasteiger partial charge in [-0.05, 0) is 41.5 Å². The summed E-state index contributed by atoms with van der Waals surface area (Å²) in [6.45, 7) is 17.7. The third kappa shape index (κ3) is 29.3. The molecule has 0 aromatic carbocycles. The molecule has 0 saturated heterocycles. The van der Waals surface area contributed by atoms with Crippen molar-refractivity contribution < 1.29 is 52.2 Å². The fourth-order valence-corrected chi connectivity index (χ4v) is 2.60. The molecule has 0 aliphatic rings. The lowest BCUT2D eigenvalue weighted by Gasteiger charge is -2.24. The molecular weight excluding hydrogens is 514 g/mol. The molecule has 0 aromatic rings. The predicted molar refractivity (Wildman–Crippen MR) is 145 cm³/mol. The summed E-state index contributed by atoms with van der Waals surface area (Å²) in [6, 6.07) is 0. The van der Waals surface area contributed by atoms with Crippen molar-refractivity contribution in [2.45, 2.75) is 59.2 Å². The van der Waals surface area contributed by atoms with Gasteiger partial charge in [0.05, 0.1) is 98.9 Å². The standard InChI is InChI=1S/C27H53NO11/c1-26(2,3)38-24(29)8-10-31-12-14-33-16-18-35-20-22-37-23-21-36-19-17-34-15-13-32-11-9-28(7)25(30)39-27(4,5)6/h8-23H2,1-7H3. The van der Waals surface area contributed by atoms with E-state index in [9.17, 15) is 9.59 Å². The van der Waals surface area contributed by atoms with Crippen molar-refractivity contribution in [3.63, 3.8) is 0 Å². The molecule has 0 bridgehead atoms. The average Bonchev–Trinajstić information content (AvgIpc) is 2.82. The highest BCUT2D eigenvalue weighted by atomic mass is 16.6. The molecule has 0 aliphatic heterocycles. The highest BCUT2D eigenvalue weighted by Crippen LogP contribution is 2.09. The maximum Gasteiger partial charge on any atom is 0.410 e. The number of likely N-dealkylation sites (N-methyl/N-ethyl adjacent to an activating group) is 1. The average molecular weight is 568 g/mol. The lowest BCUT2D eigenvalue weighted by molar-refractivity contribution is -0.156. The van der Waals surface area contributed by atoms with Crippen molar-refractivity contribution in [2.24, 2.45) is 0 Å². The molecule has 12 nitrogen and oxygen atoms in total. The second-order valence-corrected chi connectivity index (χ2v) is 10.5. The maximum absolute atomic E-state index is 11.8. The topological polar surface area (TPSA) is 120 Å². The molecule has 0 radical (unpaired) electrons. The zero-order valence-electron chi connectivity index (χ0n) is 25.3. The summed E-state index contributed by atoms with van der Waals surface area (Å²) < 4.78 is 48.5. The number of rotatable bonds is 24. The number of esters is 1. The number of hydrogen-bond donors (Lipinski definition) is 0. The Morgan fingerprint density at radius 2 is 0.795 bits per heavy atom. The molecule has 0 unspecified atom stereocenters. The Labute approximate surface area is 234 Å². The van der Waals surface area contributed by atoms with Crippen molar-refractivity contribution in [3.05, 3.63) is 0 Å². The fraction of sp³-hybridized carbons (Fsp3) is 0.926. The van der Waals surface area contributed by atoms with Crippen LogP contribution in [0.15, 0.2) is 0 Å². The minimum atomic E-state index is -0.510. The molecule has 232 valence electrons.